The van der Waals surface area contributed by atoms with Crippen LogP contribution >= 0.6 is 0 Å². The molecule has 22 heavy (non-hydrogen) atoms. The van der Waals surface area contributed by atoms with Crippen LogP contribution in [0.5, 0.6) is 0 Å². The van der Waals surface area contributed by atoms with Gasteiger partial charge in [-0.2, -0.15) is 0 Å². The molecule has 0 aliphatic carbocycles. The highest BCUT2D eigenvalue weighted by molar-refractivity contribution is 5.16. The van der Waals surface area contributed by atoms with E-state index in [-0.39, 0.29) is 0 Å². The second kappa shape index (κ2) is 7.01. The zero-order chi connectivity index (χ0) is 15.4. The molecule has 1 saturated heterocycles. The molecule has 0 radical (unpaired) electrons. The molecule has 3 heterocycles. The quantitative estimate of drug-likeness (QED) is 0.871. The Morgan fingerprint density at radius 1 is 1.18 bits per heavy atom. The molecule has 5 heteroatoms. The van der Waals surface area contributed by atoms with Crippen molar-refractivity contribution in [3.05, 3.63) is 41.5 Å². The van der Waals surface area contributed by atoms with E-state index < -0.39 is 0 Å². The highest BCUT2D eigenvalue weighted by atomic mass is 15.4. The molecule has 2 aromatic heterocycles. The van der Waals surface area contributed by atoms with Crippen molar-refractivity contribution >= 4 is 0 Å². The summed E-state index contributed by atoms with van der Waals surface area (Å²) >= 11 is 0. The van der Waals surface area contributed by atoms with E-state index in [1.807, 2.05) is 17.1 Å². The number of pyridine rings is 1. The summed E-state index contributed by atoms with van der Waals surface area (Å²) in [6, 6.07) is 4.33. The summed E-state index contributed by atoms with van der Waals surface area (Å²) in [7, 11) is 0. The van der Waals surface area contributed by atoms with Crippen LogP contribution in [0.2, 0.25) is 0 Å². The lowest BCUT2D eigenvalue weighted by Gasteiger charge is -2.20. The first-order chi connectivity index (χ1) is 10.8. The maximum atomic E-state index is 4.22. The van der Waals surface area contributed by atoms with E-state index in [1.165, 1.54) is 30.5 Å². The summed E-state index contributed by atoms with van der Waals surface area (Å²) in [6.07, 6.45) is 7.56. The van der Waals surface area contributed by atoms with Crippen LogP contribution in [0.1, 0.15) is 49.1 Å². The molecule has 1 aliphatic rings. The molecule has 0 saturated carbocycles. The SMILES string of the molecule is CCn1nnc(C)c1CN1CCCC(c2ccncc2)CC1. The molecule has 1 fully saturated rings. The second-order valence-corrected chi connectivity index (χ2v) is 6.12. The Bertz CT molecular complexity index is 592. The van der Waals surface area contributed by atoms with Crippen molar-refractivity contribution in [3.63, 3.8) is 0 Å². The molecule has 2 aromatic rings. The molecule has 0 bridgehead atoms. The fourth-order valence-corrected chi connectivity index (χ4v) is 3.36. The highest BCUT2D eigenvalue weighted by Crippen LogP contribution is 2.28. The molecule has 5 nitrogen and oxygen atoms in total. The van der Waals surface area contributed by atoms with Gasteiger partial charge < -0.3 is 0 Å². The van der Waals surface area contributed by atoms with Gasteiger partial charge in [0.25, 0.3) is 0 Å². The Morgan fingerprint density at radius 3 is 2.77 bits per heavy atom. The van der Waals surface area contributed by atoms with E-state index in [4.69, 9.17) is 0 Å². The average molecular weight is 299 g/mol. The highest BCUT2D eigenvalue weighted by Gasteiger charge is 2.20. The van der Waals surface area contributed by atoms with Gasteiger partial charge in [0.1, 0.15) is 0 Å². The molecular formula is C17H25N5. The standard InChI is InChI=1S/C17H25N5/c1-3-22-17(14(2)19-20-22)13-21-11-4-5-15(8-12-21)16-6-9-18-10-7-16/h6-7,9-10,15H,3-5,8,11-13H2,1-2H3. The van der Waals surface area contributed by atoms with Crippen molar-refractivity contribution in [2.75, 3.05) is 13.1 Å². The van der Waals surface area contributed by atoms with Crippen LogP contribution in [0, 0.1) is 6.92 Å². The van der Waals surface area contributed by atoms with Gasteiger partial charge in [-0.3, -0.25) is 9.88 Å². The number of rotatable bonds is 4. The van der Waals surface area contributed by atoms with Gasteiger partial charge in [0.2, 0.25) is 0 Å². The number of likely N-dealkylation sites (tertiary alicyclic amines) is 1. The Morgan fingerprint density at radius 2 is 2.00 bits per heavy atom. The van der Waals surface area contributed by atoms with Gasteiger partial charge in [0, 0.05) is 25.5 Å². The minimum absolute atomic E-state index is 0.670. The summed E-state index contributed by atoms with van der Waals surface area (Å²) in [5, 5.41) is 8.44. The fourth-order valence-electron chi connectivity index (χ4n) is 3.36. The third-order valence-corrected chi connectivity index (χ3v) is 4.70. The first kappa shape index (κ1) is 15.2. The Balaban J connectivity index is 1.64. The van der Waals surface area contributed by atoms with Gasteiger partial charge in [-0.1, -0.05) is 5.21 Å². The number of hydrogen-bond acceptors (Lipinski definition) is 4. The molecule has 0 amide bonds. The summed E-state index contributed by atoms with van der Waals surface area (Å²) in [4.78, 5) is 6.68. The molecule has 1 aliphatic heterocycles. The smallest absolute Gasteiger partial charge is 0.0841 e. The van der Waals surface area contributed by atoms with E-state index in [0.29, 0.717) is 5.92 Å². The molecule has 118 valence electrons. The molecule has 3 rings (SSSR count). The van der Waals surface area contributed by atoms with E-state index in [0.717, 1.165) is 31.9 Å². The minimum atomic E-state index is 0.670. The van der Waals surface area contributed by atoms with E-state index >= 15 is 0 Å². The van der Waals surface area contributed by atoms with E-state index in [1.54, 1.807) is 0 Å². The summed E-state index contributed by atoms with van der Waals surface area (Å²) < 4.78 is 2.03. The molecule has 0 spiro atoms. The normalized spacial score (nSPS) is 20.0. The van der Waals surface area contributed by atoms with E-state index in [9.17, 15) is 0 Å². The first-order valence-electron chi connectivity index (χ1n) is 8.29. The average Bonchev–Trinajstić information content (AvgIpc) is 2.76. The molecule has 1 atom stereocenters. The zero-order valence-corrected chi connectivity index (χ0v) is 13.6. The lowest BCUT2D eigenvalue weighted by atomic mass is 9.93. The third kappa shape index (κ3) is 3.35. The van der Waals surface area contributed by atoms with Gasteiger partial charge in [-0.05, 0) is 69.8 Å². The van der Waals surface area contributed by atoms with Gasteiger partial charge in [-0.15, -0.1) is 5.10 Å². The largest absolute Gasteiger partial charge is 0.297 e. The topological polar surface area (TPSA) is 46.8 Å². The number of aryl methyl sites for hydroxylation is 2. The van der Waals surface area contributed by atoms with Crippen LogP contribution in [-0.2, 0) is 13.1 Å². The first-order valence-corrected chi connectivity index (χ1v) is 8.29. The van der Waals surface area contributed by atoms with Crippen molar-refractivity contribution in [3.8, 4) is 0 Å². The Hall–Kier alpha value is -1.75. The predicted molar refractivity (Wildman–Crippen MR) is 86.5 cm³/mol. The molecular weight excluding hydrogens is 274 g/mol. The Kier molecular flexibility index (Phi) is 4.83. The van der Waals surface area contributed by atoms with Crippen molar-refractivity contribution < 1.29 is 0 Å². The monoisotopic (exact) mass is 299 g/mol. The summed E-state index contributed by atoms with van der Waals surface area (Å²) in [6.45, 7) is 8.35. The molecule has 0 N–H and O–H groups in total. The fraction of sp³-hybridized carbons (Fsp3) is 0.588. The predicted octanol–water partition coefficient (Wildman–Crippen LogP) is 2.77. The number of nitrogens with zero attached hydrogens (tertiary/aromatic N) is 5. The second-order valence-electron chi connectivity index (χ2n) is 6.12. The lowest BCUT2D eigenvalue weighted by Crippen LogP contribution is -2.26. The van der Waals surface area contributed by atoms with Gasteiger partial charge in [0.15, 0.2) is 0 Å². The van der Waals surface area contributed by atoms with Gasteiger partial charge in [-0.25, -0.2) is 4.68 Å². The lowest BCUT2D eigenvalue weighted by molar-refractivity contribution is 0.266. The molecule has 0 aromatic carbocycles. The maximum absolute atomic E-state index is 4.22. The summed E-state index contributed by atoms with van der Waals surface area (Å²) in [5.41, 5.74) is 3.77. The van der Waals surface area contributed by atoms with Crippen LogP contribution in [0.3, 0.4) is 0 Å². The van der Waals surface area contributed by atoms with Crippen molar-refractivity contribution in [1.82, 2.24) is 24.9 Å². The summed E-state index contributed by atoms with van der Waals surface area (Å²) in [5.74, 6) is 0.670. The zero-order valence-electron chi connectivity index (χ0n) is 13.6. The van der Waals surface area contributed by atoms with Crippen LogP contribution in [0.25, 0.3) is 0 Å². The van der Waals surface area contributed by atoms with E-state index in [2.05, 4.69) is 46.2 Å². The van der Waals surface area contributed by atoms with Crippen LogP contribution < -0.4 is 0 Å². The Labute approximate surface area is 132 Å². The van der Waals surface area contributed by atoms with Crippen molar-refractivity contribution in [2.45, 2.75) is 52.1 Å². The van der Waals surface area contributed by atoms with Crippen LogP contribution in [-0.4, -0.2) is 38.0 Å². The third-order valence-electron chi connectivity index (χ3n) is 4.70. The van der Waals surface area contributed by atoms with Gasteiger partial charge in [0.05, 0.1) is 11.4 Å². The minimum Gasteiger partial charge on any atom is -0.297 e. The molecule has 1 unspecified atom stereocenters. The van der Waals surface area contributed by atoms with Crippen LogP contribution in [0.15, 0.2) is 24.5 Å². The van der Waals surface area contributed by atoms with Crippen molar-refractivity contribution in [1.29, 1.82) is 0 Å². The van der Waals surface area contributed by atoms with Crippen molar-refractivity contribution in [2.24, 2.45) is 0 Å². The van der Waals surface area contributed by atoms with Crippen LogP contribution in [0.4, 0.5) is 0 Å². The number of aromatic nitrogens is 4. The maximum Gasteiger partial charge on any atom is 0.0841 e. The number of hydrogen-bond donors (Lipinski definition) is 0. The van der Waals surface area contributed by atoms with Gasteiger partial charge >= 0.3 is 0 Å².